The second-order valence-corrected chi connectivity index (χ2v) is 6.31. The molecule has 0 radical (unpaired) electrons. The maximum Gasteiger partial charge on any atom is 0.336 e. The number of rotatable bonds is 4. The molecule has 3 nitrogen and oxygen atoms in total. The van der Waals surface area contributed by atoms with Gasteiger partial charge in [0.25, 0.3) is 0 Å². The van der Waals surface area contributed by atoms with Crippen molar-refractivity contribution in [3.63, 3.8) is 0 Å². The van der Waals surface area contributed by atoms with Gasteiger partial charge in [-0.1, -0.05) is 59.6 Å². The summed E-state index contributed by atoms with van der Waals surface area (Å²) in [6, 6.07) is 15.3. The normalized spacial score (nSPS) is 10.9. The molecule has 0 unspecified atom stereocenters. The third kappa shape index (κ3) is 2.99. The predicted octanol–water partition coefficient (Wildman–Crippen LogP) is 5.32. The number of halogens is 1. The van der Waals surface area contributed by atoms with E-state index in [1.165, 1.54) is 0 Å². The van der Waals surface area contributed by atoms with Gasteiger partial charge in [-0.2, -0.15) is 0 Å². The molecular formula is C19H16BrNO2. The fraction of sp³-hybridized carbons (Fsp3) is 0.158. The quantitative estimate of drug-likeness (QED) is 0.677. The molecule has 1 heterocycles. The molecule has 23 heavy (non-hydrogen) atoms. The summed E-state index contributed by atoms with van der Waals surface area (Å²) in [7, 11) is 0. The van der Waals surface area contributed by atoms with Crippen LogP contribution in [0.3, 0.4) is 0 Å². The van der Waals surface area contributed by atoms with E-state index < -0.39 is 5.97 Å². The molecule has 2 aromatic carbocycles. The lowest BCUT2D eigenvalue weighted by Crippen LogP contribution is -2.08. The van der Waals surface area contributed by atoms with Gasteiger partial charge in [-0.05, 0) is 30.2 Å². The second kappa shape index (κ2) is 6.50. The molecule has 3 aromatic rings. The van der Waals surface area contributed by atoms with Gasteiger partial charge in [-0.25, -0.2) is 9.78 Å². The Morgan fingerprint density at radius 3 is 2.57 bits per heavy atom. The van der Waals surface area contributed by atoms with Crippen LogP contribution in [0.25, 0.3) is 22.2 Å². The van der Waals surface area contributed by atoms with Gasteiger partial charge in [0.2, 0.25) is 0 Å². The summed E-state index contributed by atoms with van der Waals surface area (Å²) >= 11 is 3.42. The van der Waals surface area contributed by atoms with Gasteiger partial charge in [0.05, 0.1) is 16.8 Å². The Morgan fingerprint density at radius 1 is 1.17 bits per heavy atom. The number of carboxylic acids is 1. The van der Waals surface area contributed by atoms with Crippen LogP contribution < -0.4 is 0 Å². The third-order valence-corrected chi connectivity index (χ3v) is 4.30. The molecule has 0 amide bonds. The van der Waals surface area contributed by atoms with E-state index in [2.05, 4.69) is 15.9 Å². The number of hydrogen-bond donors (Lipinski definition) is 1. The van der Waals surface area contributed by atoms with Gasteiger partial charge in [0, 0.05) is 15.4 Å². The van der Waals surface area contributed by atoms with Crippen LogP contribution >= 0.6 is 15.9 Å². The fourth-order valence-corrected chi connectivity index (χ4v) is 3.21. The summed E-state index contributed by atoms with van der Waals surface area (Å²) in [6.45, 7) is 2.05. The van der Waals surface area contributed by atoms with Crippen LogP contribution in [-0.4, -0.2) is 16.1 Å². The zero-order valence-corrected chi connectivity index (χ0v) is 14.3. The highest BCUT2D eigenvalue weighted by Crippen LogP contribution is 2.32. The molecule has 1 N–H and O–H groups in total. The third-order valence-electron chi connectivity index (χ3n) is 3.81. The molecule has 0 fully saturated rings. The first-order valence-corrected chi connectivity index (χ1v) is 8.32. The summed E-state index contributed by atoms with van der Waals surface area (Å²) in [5, 5.41) is 10.5. The van der Waals surface area contributed by atoms with Gasteiger partial charge in [-0.3, -0.25) is 0 Å². The summed E-state index contributed by atoms with van der Waals surface area (Å²) in [4.78, 5) is 16.7. The summed E-state index contributed by atoms with van der Waals surface area (Å²) in [6.07, 6.45) is 1.54. The minimum absolute atomic E-state index is 0.358. The minimum Gasteiger partial charge on any atom is -0.478 e. The molecule has 0 aliphatic heterocycles. The number of aromatic carboxylic acids is 1. The van der Waals surface area contributed by atoms with Crippen molar-refractivity contribution < 1.29 is 9.90 Å². The fourth-order valence-electron chi connectivity index (χ4n) is 2.85. The lowest BCUT2D eigenvalue weighted by Gasteiger charge is -2.15. The van der Waals surface area contributed by atoms with Crippen molar-refractivity contribution >= 4 is 32.8 Å². The van der Waals surface area contributed by atoms with Gasteiger partial charge >= 0.3 is 5.97 Å². The molecule has 0 saturated heterocycles. The monoisotopic (exact) mass is 369 g/mol. The first-order chi connectivity index (χ1) is 11.1. The number of carboxylic acid groups (broad SMARTS) is 1. The van der Waals surface area contributed by atoms with Crippen molar-refractivity contribution in [3.05, 3.63) is 64.1 Å². The van der Waals surface area contributed by atoms with Crippen LogP contribution in [0.5, 0.6) is 0 Å². The Hall–Kier alpha value is -2.20. The number of pyridine rings is 1. The summed E-state index contributed by atoms with van der Waals surface area (Å²) in [5.41, 5.74) is 3.57. The van der Waals surface area contributed by atoms with Gasteiger partial charge in [0.1, 0.15) is 0 Å². The predicted molar refractivity (Wildman–Crippen MR) is 95.8 cm³/mol. The topological polar surface area (TPSA) is 50.2 Å². The molecule has 0 saturated carbocycles. The van der Waals surface area contributed by atoms with Crippen molar-refractivity contribution in [2.75, 3.05) is 0 Å². The highest BCUT2D eigenvalue weighted by Gasteiger charge is 2.20. The number of hydrogen-bond acceptors (Lipinski definition) is 2. The maximum absolute atomic E-state index is 12.0. The highest BCUT2D eigenvalue weighted by molar-refractivity contribution is 9.10. The standard InChI is InChI=1S/C19H16BrNO2/c1-2-6-14-17(19(22)23)15-11-13(20)9-10-16(15)21-18(14)12-7-4-3-5-8-12/h3-5,7-11H,2,6H2,1H3,(H,22,23). The smallest absolute Gasteiger partial charge is 0.336 e. The average Bonchev–Trinajstić information content (AvgIpc) is 2.55. The van der Waals surface area contributed by atoms with Crippen LogP contribution in [0.1, 0.15) is 29.3 Å². The number of carbonyl (C=O) groups is 1. The molecule has 116 valence electrons. The van der Waals surface area contributed by atoms with Crippen LogP contribution in [0.15, 0.2) is 53.0 Å². The maximum atomic E-state index is 12.0. The molecule has 0 bridgehead atoms. The molecule has 0 spiro atoms. The van der Waals surface area contributed by atoms with Crippen LogP contribution in [0.4, 0.5) is 0 Å². The Bertz CT molecular complexity index is 875. The van der Waals surface area contributed by atoms with E-state index in [-0.39, 0.29) is 0 Å². The van der Waals surface area contributed by atoms with E-state index in [9.17, 15) is 9.90 Å². The Kier molecular flexibility index (Phi) is 4.44. The first-order valence-electron chi connectivity index (χ1n) is 7.52. The van der Waals surface area contributed by atoms with Crippen molar-refractivity contribution in [3.8, 4) is 11.3 Å². The van der Waals surface area contributed by atoms with Crippen molar-refractivity contribution in [1.29, 1.82) is 0 Å². The molecule has 0 atom stereocenters. The Labute approximate surface area is 143 Å². The second-order valence-electron chi connectivity index (χ2n) is 5.40. The van der Waals surface area contributed by atoms with Crippen molar-refractivity contribution in [2.24, 2.45) is 0 Å². The van der Waals surface area contributed by atoms with E-state index in [0.29, 0.717) is 22.9 Å². The van der Waals surface area contributed by atoms with E-state index in [1.807, 2.05) is 55.5 Å². The largest absolute Gasteiger partial charge is 0.478 e. The number of nitrogens with zero attached hydrogens (tertiary/aromatic N) is 1. The lowest BCUT2D eigenvalue weighted by molar-refractivity contribution is 0.0698. The molecule has 1 aromatic heterocycles. The van der Waals surface area contributed by atoms with Crippen molar-refractivity contribution in [2.45, 2.75) is 19.8 Å². The zero-order valence-electron chi connectivity index (χ0n) is 12.7. The number of fused-ring (bicyclic) bond motifs is 1. The van der Waals surface area contributed by atoms with Crippen LogP contribution in [0.2, 0.25) is 0 Å². The van der Waals surface area contributed by atoms with E-state index >= 15 is 0 Å². The van der Waals surface area contributed by atoms with E-state index in [1.54, 1.807) is 0 Å². The molecule has 0 aliphatic carbocycles. The highest BCUT2D eigenvalue weighted by atomic mass is 79.9. The number of benzene rings is 2. The van der Waals surface area contributed by atoms with Crippen LogP contribution in [0, 0.1) is 0 Å². The minimum atomic E-state index is -0.906. The molecule has 3 rings (SSSR count). The van der Waals surface area contributed by atoms with Gasteiger partial charge in [-0.15, -0.1) is 0 Å². The number of aromatic nitrogens is 1. The van der Waals surface area contributed by atoms with Crippen molar-refractivity contribution in [1.82, 2.24) is 4.98 Å². The van der Waals surface area contributed by atoms with E-state index in [4.69, 9.17) is 4.98 Å². The van der Waals surface area contributed by atoms with E-state index in [0.717, 1.165) is 27.7 Å². The SMILES string of the molecule is CCCc1c(-c2ccccc2)nc2ccc(Br)cc2c1C(=O)O. The average molecular weight is 370 g/mol. The zero-order chi connectivity index (χ0) is 16.4. The molecule has 0 aliphatic rings. The summed E-state index contributed by atoms with van der Waals surface area (Å²) < 4.78 is 0.851. The van der Waals surface area contributed by atoms with Gasteiger partial charge in [0.15, 0.2) is 0 Å². The molecular weight excluding hydrogens is 354 g/mol. The van der Waals surface area contributed by atoms with Crippen LogP contribution in [-0.2, 0) is 6.42 Å². The lowest BCUT2D eigenvalue weighted by atomic mass is 9.94. The Morgan fingerprint density at radius 2 is 1.91 bits per heavy atom. The summed E-state index contributed by atoms with van der Waals surface area (Å²) in [5.74, 6) is -0.906. The first kappa shape index (κ1) is 15.7. The molecule has 4 heteroatoms. The Balaban J connectivity index is 2.42. The van der Waals surface area contributed by atoms with Gasteiger partial charge < -0.3 is 5.11 Å².